The number of rotatable bonds is 4. The molecule has 0 unspecified atom stereocenters. The van der Waals surface area contributed by atoms with Gasteiger partial charge in [-0.1, -0.05) is 12.1 Å². The summed E-state index contributed by atoms with van der Waals surface area (Å²) in [6, 6.07) is 7.48. The summed E-state index contributed by atoms with van der Waals surface area (Å²) < 4.78 is 11.7. The number of nitrogens with one attached hydrogen (secondary N) is 1. The van der Waals surface area contributed by atoms with E-state index in [4.69, 9.17) is 9.47 Å². The molecule has 5 rings (SSSR count). The predicted octanol–water partition coefficient (Wildman–Crippen LogP) is 1.49. The first kappa shape index (κ1) is 17.2. The van der Waals surface area contributed by atoms with E-state index in [1.165, 1.54) is 0 Å². The van der Waals surface area contributed by atoms with Crippen LogP contribution in [-0.2, 0) is 9.53 Å². The first-order valence-corrected chi connectivity index (χ1v) is 10.1. The molecule has 2 aliphatic heterocycles. The number of carbonyl (C=O) groups excluding carboxylic acids is 2. The lowest BCUT2D eigenvalue weighted by atomic mass is 9.84. The monoisotopic (exact) mass is 370 g/mol. The summed E-state index contributed by atoms with van der Waals surface area (Å²) in [7, 11) is 0. The highest BCUT2D eigenvalue weighted by Crippen LogP contribution is 2.65. The van der Waals surface area contributed by atoms with Gasteiger partial charge in [-0.25, -0.2) is 0 Å². The summed E-state index contributed by atoms with van der Waals surface area (Å²) in [6.45, 7) is 4.95. The van der Waals surface area contributed by atoms with E-state index in [0.717, 1.165) is 45.7 Å². The molecular formula is C21H26N2O4. The topological polar surface area (TPSA) is 67.9 Å². The summed E-state index contributed by atoms with van der Waals surface area (Å²) >= 11 is 0. The van der Waals surface area contributed by atoms with Crippen molar-refractivity contribution >= 4 is 11.7 Å². The average molecular weight is 370 g/mol. The molecule has 27 heavy (non-hydrogen) atoms. The van der Waals surface area contributed by atoms with Gasteiger partial charge in [0.1, 0.15) is 11.4 Å². The molecule has 1 aromatic rings. The third-order valence-corrected chi connectivity index (χ3v) is 6.77. The first-order valence-electron chi connectivity index (χ1n) is 10.1. The van der Waals surface area contributed by atoms with Crippen LogP contribution in [-0.4, -0.2) is 61.6 Å². The molecule has 0 radical (unpaired) electrons. The fraction of sp³-hybridized carbons (Fsp3) is 0.619. The number of Topliss-reactive ketones (excluding diaryl/α,β-unsaturated/α-hetero) is 1. The number of nitrogens with zero attached hydrogens (tertiary/aromatic N) is 1. The highest BCUT2D eigenvalue weighted by atomic mass is 16.5. The maximum atomic E-state index is 12.7. The number of benzene rings is 1. The van der Waals surface area contributed by atoms with Gasteiger partial charge in [0.25, 0.3) is 0 Å². The van der Waals surface area contributed by atoms with Crippen LogP contribution in [0.15, 0.2) is 24.3 Å². The number of fused-ring (bicyclic) bond motifs is 3. The SMILES string of the molecule is O=C1C[C@]2(CC[C@@H]3[C@@H](C(=O)NCCN4CCOCC4)[C@H]32)Oc2ccccc21. The second-order valence-corrected chi connectivity index (χ2v) is 8.26. The second-order valence-electron chi connectivity index (χ2n) is 8.26. The average Bonchev–Trinajstić information content (AvgIpc) is 3.34. The number of hydrogen-bond donors (Lipinski definition) is 1. The molecule has 4 atom stereocenters. The highest BCUT2D eigenvalue weighted by molar-refractivity contribution is 6.00. The lowest BCUT2D eigenvalue weighted by Gasteiger charge is -2.37. The molecule has 144 valence electrons. The molecule has 6 nitrogen and oxygen atoms in total. The number of ketones is 1. The molecule has 1 amide bonds. The lowest BCUT2D eigenvalue weighted by Crippen LogP contribution is -2.45. The van der Waals surface area contributed by atoms with Crippen LogP contribution in [0.3, 0.4) is 0 Å². The van der Waals surface area contributed by atoms with Gasteiger partial charge < -0.3 is 14.8 Å². The minimum absolute atomic E-state index is 0.00139. The standard InChI is InChI=1S/C21H26N2O4/c24-16-13-21(27-17-4-2-1-3-14(16)17)6-5-15-18(19(15)21)20(25)22-7-8-23-9-11-26-12-10-23/h1-4,15,18-19H,5-13H2,(H,22,25)/t15-,18-,19+,21+/m1/s1. The van der Waals surface area contributed by atoms with E-state index in [0.29, 0.717) is 30.2 Å². The summed E-state index contributed by atoms with van der Waals surface area (Å²) in [5.74, 6) is 1.52. The Hall–Kier alpha value is -1.92. The Labute approximate surface area is 159 Å². The van der Waals surface area contributed by atoms with Crippen LogP contribution in [0.1, 0.15) is 29.6 Å². The number of ether oxygens (including phenoxy) is 2. The third-order valence-electron chi connectivity index (χ3n) is 6.77. The summed E-state index contributed by atoms with van der Waals surface area (Å²) in [5, 5.41) is 3.11. The van der Waals surface area contributed by atoms with E-state index < -0.39 is 5.60 Å². The van der Waals surface area contributed by atoms with Crippen molar-refractivity contribution in [3.05, 3.63) is 29.8 Å². The third kappa shape index (κ3) is 2.95. The van der Waals surface area contributed by atoms with Crippen molar-refractivity contribution < 1.29 is 19.1 Å². The van der Waals surface area contributed by atoms with Gasteiger partial charge in [-0.2, -0.15) is 0 Å². The molecule has 1 spiro atoms. The van der Waals surface area contributed by atoms with E-state index in [2.05, 4.69) is 10.2 Å². The number of para-hydroxylation sites is 1. The van der Waals surface area contributed by atoms with Crippen LogP contribution in [0.2, 0.25) is 0 Å². The van der Waals surface area contributed by atoms with Gasteiger partial charge in [0.2, 0.25) is 5.91 Å². The molecule has 1 N–H and O–H groups in total. The van der Waals surface area contributed by atoms with Crippen LogP contribution in [0, 0.1) is 17.8 Å². The largest absolute Gasteiger partial charge is 0.486 e. The fourth-order valence-corrected chi connectivity index (χ4v) is 5.40. The molecule has 2 saturated carbocycles. The van der Waals surface area contributed by atoms with Crippen LogP contribution in [0.5, 0.6) is 5.75 Å². The van der Waals surface area contributed by atoms with Gasteiger partial charge in [-0.05, 0) is 30.9 Å². The van der Waals surface area contributed by atoms with Crippen molar-refractivity contribution in [1.29, 1.82) is 0 Å². The zero-order chi connectivity index (χ0) is 18.4. The van der Waals surface area contributed by atoms with E-state index in [9.17, 15) is 9.59 Å². The highest BCUT2D eigenvalue weighted by Gasteiger charge is 2.70. The van der Waals surface area contributed by atoms with Crippen molar-refractivity contribution in [2.24, 2.45) is 17.8 Å². The Morgan fingerprint density at radius 3 is 2.93 bits per heavy atom. The van der Waals surface area contributed by atoms with Crippen molar-refractivity contribution in [3.8, 4) is 5.75 Å². The van der Waals surface area contributed by atoms with Crippen molar-refractivity contribution in [2.45, 2.75) is 24.9 Å². The summed E-state index contributed by atoms with van der Waals surface area (Å²) in [4.78, 5) is 27.7. The second kappa shape index (κ2) is 6.60. The van der Waals surface area contributed by atoms with Gasteiger partial charge in [-0.15, -0.1) is 0 Å². The van der Waals surface area contributed by atoms with E-state index in [-0.39, 0.29) is 23.5 Å². The lowest BCUT2D eigenvalue weighted by molar-refractivity contribution is -0.124. The fourth-order valence-electron chi connectivity index (χ4n) is 5.40. The molecule has 0 aromatic heterocycles. The van der Waals surface area contributed by atoms with Crippen LogP contribution < -0.4 is 10.1 Å². The van der Waals surface area contributed by atoms with Crippen LogP contribution in [0.25, 0.3) is 0 Å². The molecule has 3 fully saturated rings. The number of amides is 1. The van der Waals surface area contributed by atoms with Gasteiger partial charge in [0, 0.05) is 38.0 Å². The zero-order valence-corrected chi connectivity index (χ0v) is 15.5. The number of morpholine rings is 1. The van der Waals surface area contributed by atoms with Crippen molar-refractivity contribution in [2.75, 3.05) is 39.4 Å². The Bertz CT molecular complexity index is 760. The molecule has 6 heteroatoms. The van der Waals surface area contributed by atoms with Gasteiger partial charge in [0.05, 0.1) is 25.2 Å². The molecule has 2 heterocycles. The maximum Gasteiger partial charge on any atom is 0.223 e. The quantitative estimate of drug-likeness (QED) is 0.870. The molecule has 1 saturated heterocycles. The van der Waals surface area contributed by atoms with Crippen LogP contribution in [0.4, 0.5) is 0 Å². The van der Waals surface area contributed by atoms with Gasteiger partial charge in [-0.3, -0.25) is 14.5 Å². The predicted molar refractivity (Wildman–Crippen MR) is 98.7 cm³/mol. The summed E-state index contributed by atoms with van der Waals surface area (Å²) in [6.07, 6.45) is 2.25. The molecular weight excluding hydrogens is 344 g/mol. The van der Waals surface area contributed by atoms with E-state index in [1.54, 1.807) is 0 Å². The van der Waals surface area contributed by atoms with Gasteiger partial charge >= 0.3 is 0 Å². The minimum Gasteiger partial charge on any atom is -0.486 e. The molecule has 0 bridgehead atoms. The zero-order valence-electron chi connectivity index (χ0n) is 15.5. The Kier molecular flexibility index (Phi) is 4.20. The first-order chi connectivity index (χ1) is 13.2. The van der Waals surface area contributed by atoms with E-state index >= 15 is 0 Å². The summed E-state index contributed by atoms with van der Waals surface area (Å²) in [5.41, 5.74) is 0.209. The molecule has 1 aromatic carbocycles. The minimum atomic E-state index is -0.470. The van der Waals surface area contributed by atoms with E-state index in [1.807, 2.05) is 24.3 Å². The normalized spacial score (nSPS) is 34.7. The maximum absolute atomic E-state index is 12.7. The number of carbonyl (C=O) groups is 2. The Balaban J connectivity index is 1.21. The van der Waals surface area contributed by atoms with Gasteiger partial charge in [0.15, 0.2) is 5.78 Å². The number of hydrogen-bond acceptors (Lipinski definition) is 5. The Morgan fingerprint density at radius 1 is 1.26 bits per heavy atom. The smallest absolute Gasteiger partial charge is 0.223 e. The van der Waals surface area contributed by atoms with Crippen molar-refractivity contribution in [1.82, 2.24) is 10.2 Å². The van der Waals surface area contributed by atoms with Crippen molar-refractivity contribution in [3.63, 3.8) is 0 Å². The molecule has 4 aliphatic rings. The molecule has 2 aliphatic carbocycles. The van der Waals surface area contributed by atoms with Crippen LogP contribution >= 0.6 is 0 Å². The Morgan fingerprint density at radius 2 is 2.07 bits per heavy atom.